The molecular formula is C10H9IN4O3. The minimum absolute atomic E-state index is 0.110. The summed E-state index contributed by atoms with van der Waals surface area (Å²) in [4.78, 5) is 14.2. The molecule has 8 heteroatoms. The maximum atomic E-state index is 10.7. The number of benzene rings is 1. The number of nitro benzene ring substituents is 1. The molecule has 0 atom stereocenters. The Bertz CT molecular complexity index is 544. The first kappa shape index (κ1) is 12.7. The molecule has 0 fully saturated rings. The number of rotatable bonds is 5. The molecule has 2 rings (SSSR count). The van der Waals surface area contributed by atoms with Crippen LogP contribution in [0.15, 0.2) is 29.1 Å². The number of hydrogen-bond donors (Lipinski definition) is 1. The van der Waals surface area contributed by atoms with Crippen molar-refractivity contribution in [2.45, 2.75) is 6.42 Å². The molecule has 0 amide bonds. The monoisotopic (exact) mass is 360 g/mol. The van der Waals surface area contributed by atoms with E-state index in [-0.39, 0.29) is 5.69 Å². The number of nitrogens with one attached hydrogen (secondary N) is 1. The smallest absolute Gasteiger partial charge is 0.282 e. The van der Waals surface area contributed by atoms with Gasteiger partial charge in [-0.1, -0.05) is 5.16 Å². The molecule has 1 aromatic heterocycles. The van der Waals surface area contributed by atoms with Crippen LogP contribution >= 0.6 is 22.6 Å². The Morgan fingerprint density at radius 3 is 2.94 bits per heavy atom. The Kier molecular flexibility index (Phi) is 4.07. The molecule has 1 aromatic carbocycles. The Labute approximate surface area is 116 Å². The molecule has 0 aliphatic carbocycles. The Hall–Kier alpha value is -1.71. The summed E-state index contributed by atoms with van der Waals surface area (Å²) in [5.74, 6) is 0.624. The molecule has 94 valence electrons. The molecule has 0 saturated carbocycles. The van der Waals surface area contributed by atoms with Gasteiger partial charge in [0, 0.05) is 24.7 Å². The fourth-order valence-corrected chi connectivity index (χ4v) is 2.10. The third kappa shape index (κ3) is 3.15. The molecule has 1 heterocycles. The van der Waals surface area contributed by atoms with Crippen LogP contribution in [0.5, 0.6) is 0 Å². The quantitative estimate of drug-likeness (QED) is 0.499. The van der Waals surface area contributed by atoms with Gasteiger partial charge in [0.15, 0.2) is 5.82 Å². The number of nitro groups is 1. The first-order valence-electron chi connectivity index (χ1n) is 5.10. The summed E-state index contributed by atoms with van der Waals surface area (Å²) < 4.78 is 5.21. The largest absolute Gasteiger partial charge is 0.385 e. The highest BCUT2D eigenvalue weighted by molar-refractivity contribution is 14.1. The van der Waals surface area contributed by atoms with E-state index in [4.69, 9.17) is 0 Å². The van der Waals surface area contributed by atoms with Gasteiger partial charge in [0.2, 0.25) is 6.39 Å². The van der Waals surface area contributed by atoms with Crippen molar-refractivity contribution < 1.29 is 9.45 Å². The first-order valence-corrected chi connectivity index (χ1v) is 6.18. The van der Waals surface area contributed by atoms with Crippen molar-refractivity contribution in [2.24, 2.45) is 0 Å². The van der Waals surface area contributed by atoms with Gasteiger partial charge >= 0.3 is 0 Å². The summed E-state index contributed by atoms with van der Waals surface area (Å²) in [7, 11) is 0. The van der Waals surface area contributed by atoms with E-state index in [0.717, 1.165) is 5.69 Å². The van der Waals surface area contributed by atoms with Crippen LogP contribution < -0.4 is 5.32 Å². The van der Waals surface area contributed by atoms with Crippen LogP contribution in [-0.2, 0) is 6.42 Å². The topological polar surface area (TPSA) is 94.1 Å². The van der Waals surface area contributed by atoms with E-state index in [1.54, 1.807) is 12.1 Å². The van der Waals surface area contributed by atoms with Crippen LogP contribution in [0.3, 0.4) is 0 Å². The molecule has 0 aliphatic heterocycles. The van der Waals surface area contributed by atoms with Crippen LogP contribution in [0, 0.1) is 13.7 Å². The summed E-state index contributed by atoms with van der Waals surface area (Å²) in [6.45, 7) is 0.632. The number of halogens is 1. The molecule has 2 aromatic rings. The van der Waals surface area contributed by atoms with E-state index in [0.29, 0.717) is 22.4 Å². The van der Waals surface area contributed by atoms with E-state index in [9.17, 15) is 10.1 Å². The van der Waals surface area contributed by atoms with Gasteiger partial charge in [0.05, 0.1) is 8.49 Å². The van der Waals surface area contributed by atoms with Crippen molar-refractivity contribution in [3.8, 4) is 0 Å². The second kappa shape index (κ2) is 5.76. The number of aromatic nitrogens is 2. The van der Waals surface area contributed by atoms with Crippen LogP contribution in [0.1, 0.15) is 5.82 Å². The Morgan fingerprint density at radius 2 is 2.33 bits per heavy atom. The fraction of sp³-hybridized carbons (Fsp3) is 0.200. The second-order valence-corrected chi connectivity index (χ2v) is 4.61. The van der Waals surface area contributed by atoms with Gasteiger partial charge in [-0.2, -0.15) is 4.98 Å². The van der Waals surface area contributed by atoms with Gasteiger partial charge < -0.3 is 9.84 Å². The van der Waals surface area contributed by atoms with Crippen molar-refractivity contribution in [3.05, 3.63) is 44.1 Å². The van der Waals surface area contributed by atoms with Gasteiger partial charge in [-0.15, -0.1) is 0 Å². The Morgan fingerprint density at radius 1 is 1.50 bits per heavy atom. The lowest BCUT2D eigenvalue weighted by atomic mass is 10.3. The van der Waals surface area contributed by atoms with Gasteiger partial charge in [0.1, 0.15) is 0 Å². The van der Waals surface area contributed by atoms with E-state index in [1.165, 1.54) is 12.5 Å². The summed E-state index contributed by atoms with van der Waals surface area (Å²) in [6.07, 6.45) is 1.91. The zero-order valence-corrected chi connectivity index (χ0v) is 11.3. The Balaban J connectivity index is 1.94. The van der Waals surface area contributed by atoms with E-state index >= 15 is 0 Å². The molecule has 0 spiro atoms. The predicted molar refractivity (Wildman–Crippen MR) is 72.3 cm³/mol. The summed E-state index contributed by atoms with van der Waals surface area (Å²) in [5, 5.41) is 17.5. The first-order chi connectivity index (χ1) is 8.66. The lowest BCUT2D eigenvalue weighted by Crippen LogP contribution is -2.06. The average molecular weight is 360 g/mol. The number of hydrogen-bond acceptors (Lipinski definition) is 6. The van der Waals surface area contributed by atoms with Crippen LogP contribution in [0.25, 0.3) is 0 Å². The highest BCUT2D eigenvalue weighted by Crippen LogP contribution is 2.23. The maximum Gasteiger partial charge on any atom is 0.282 e. The molecule has 0 aliphatic rings. The minimum Gasteiger partial charge on any atom is -0.385 e. The van der Waals surface area contributed by atoms with Crippen molar-refractivity contribution >= 4 is 34.0 Å². The SMILES string of the molecule is O=[N+]([O-])c1ccc(NCCc2ncon2)cc1I. The van der Waals surface area contributed by atoms with Gasteiger partial charge in [-0.25, -0.2) is 0 Å². The van der Waals surface area contributed by atoms with Crippen LogP contribution in [-0.4, -0.2) is 21.6 Å². The zero-order valence-electron chi connectivity index (χ0n) is 9.17. The lowest BCUT2D eigenvalue weighted by Gasteiger charge is -2.05. The van der Waals surface area contributed by atoms with Crippen molar-refractivity contribution in [1.82, 2.24) is 10.1 Å². The highest BCUT2D eigenvalue weighted by Gasteiger charge is 2.11. The molecule has 7 nitrogen and oxygen atoms in total. The minimum atomic E-state index is -0.398. The van der Waals surface area contributed by atoms with E-state index in [1.807, 2.05) is 22.6 Å². The van der Waals surface area contributed by atoms with Crippen LogP contribution in [0.4, 0.5) is 11.4 Å². The second-order valence-electron chi connectivity index (χ2n) is 3.45. The lowest BCUT2D eigenvalue weighted by molar-refractivity contribution is -0.385. The van der Waals surface area contributed by atoms with Gasteiger partial charge in [-0.3, -0.25) is 10.1 Å². The molecule has 0 saturated heterocycles. The normalized spacial score (nSPS) is 10.3. The predicted octanol–water partition coefficient (Wildman–Crippen LogP) is 2.24. The van der Waals surface area contributed by atoms with Crippen molar-refractivity contribution in [2.75, 3.05) is 11.9 Å². The third-order valence-electron chi connectivity index (χ3n) is 2.23. The summed E-state index contributed by atoms with van der Waals surface area (Å²) in [5.41, 5.74) is 0.938. The van der Waals surface area contributed by atoms with Crippen molar-refractivity contribution in [1.29, 1.82) is 0 Å². The molecule has 18 heavy (non-hydrogen) atoms. The highest BCUT2D eigenvalue weighted by atomic mass is 127. The maximum absolute atomic E-state index is 10.7. The van der Waals surface area contributed by atoms with Gasteiger partial charge in [0.25, 0.3) is 5.69 Å². The molecule has 1 N–H and O–H groups in total. The third-order valence-corrected chi connectivity index (χ3v) is 3.09. The summed E-state index contributed by atoms with van der Waals surface area (Å²) in [6, 6.07) is 4.89. The molecule has 0 radical (unpaired) electrons. The average Bonchev–Trinajstić information content (AvgIpc) is 2.81. The standard InChI is InChI=1S/C10H9IN4O3/c11-8-5-7(1-2-9(8)15(16)17)12-4-3-10-13-6-18-14-10/h1-2,5-6,12H,3-4H2. The number of anilines is 1. The molecule has 0 unspecified atom stereocenters. The zero-order chi connectivity index (χ0) is 13.0. The van der Waals surface area contributed by atoms with Gasteiger partial charge in [-0.05, 0) is 34.7 Å². The summed E-state index contributed by atoms with van der Waals surface area (Å²) >= 11 is 1.94. The van der Waals surface area contributed by atoms with E-state index in [2.05, 4.69) is 20.0 Å². The van der Waals surface area contributed by atoms with Crippen molar-refractivity contribution in [3.63, 3.8) is 0 Å². The fourth-order valence-electron chi connectivity index (χ4n) is 1.39. The molecular weight excluding hydrogens is 351 g/mol. The van der Waals surface area contributed by atoms with Crippen LogP contribution in [0.2, 0.25) is 0 Å². The number of nitrogens with zero attached hydrogens (tertiary/aromatic N) is 3. The van der Waals surface area contributed by atoms with E-state index < -0.39 is 4.92 Å². The molecule has 0 bridgehead atoms.